The molecule has 0 aliphatic carbocycles. The zero-order valence-corrected chi connectivity index (χ0v) is 17.1. The van der Waals surface area contributed by atoms with E-state index in [4.69, 9.17) is 4.52 Å². The van der Waals surface area contributed by atoms with Gasteiger partial charge in [-0.25, -0.2) is 4.99 Å². The molecule has 148 valence electrons. The van der Waals surface area contributed by atoms with Gasteiger partial charge in [0.05, 0.1) is 0 Å². The van der Waals surface area contributed by atoms with Crippen molar-refractivity contribution in [2.24, 2.45) is 4.99 Å². The number of hydrogen-bond acceptors (Lipinski definition) is 5. The molecule has 1 unspecified atom stereocenters. The number of nitrogens with one attached hydrogen (secondary N) is 2. The number of hydrogen-bond donors (Lipinski definition) is 2. The predicted molar refractivity (Wildman–Crippen MR) is 105 cm³/mol. The Hall–Kier alpha value is -1.63. The molecule has 0 spiro atoms. The summed E-state index contributed by atoms with van der Waals surface area (Å²) in [5.41, 5.74) is -0.137. The van der Waals surface area contributed by atoms with Crippen LogP contribution in [0.25, 0.3) is 0 Å². The van der Waals surface area contributed by atoms with Gasteiger partial charge < -0.3 is 15.2 Å². The van der Waals surface area contributed by atoms with Crippen LogP contribution in [-0.2, 0) is 12.0 Å². The molecule has 1 aliphatic rings. The normalized spacial score (nSPS) is 19.6. The molecular weight excluding hydrogens is 328 g/mol. The van der Waals surface area contributed by atoms with E-state index in [1.807, 2.05) is 0 Å². The van der Waals surface area contributed by atoms with Gasteiger partial charge in [-0.05, 0) is 32.7 Å². The van der Waals surface area contributed by atoms with Crippen LogP contribution in [0.2, 0.25) is 0 Å². The SMILES string of the molecule is CCNC(=NCc1noc(C(C)(C)C)n1)NCCN1CCCCC1CC. The molecule has 7 nitrogen and oxygen atoms in total. The molecule has 1 fully saturated rings. The molecular formula is C19H36N6O. The summed E-state index contributed by atoms with van der Waals surface area (Å²) >= 11 is 0. The van der Waals surface area contributed by atoms with Crippen molar-refractivity contribution in [1.29, 1.82) is 0 Å². The van der Waals surface area contributed by atoms with E-state index in [1.165, 1.54) is 32.2 Å². The highest BCUT2D eigenvalue weighted by Crippen LogP contribution is 2.20. The van der Waals surface area contributed by atoms with Gasteiger partial charge in [0.15, 0.2) is 11.8 Å². The van der Waals surface area contributed by atoms with Crippen LogP contribution < -0.4 is 10.6 Å². The first-order valence-electron chi connectivity index (χ1n) is 10.0. The number of rotatable bonds is 7. The van der Waals surface area contributed by atoms with Crippen LogP contribution in [0.4, 0.5) is 0 Å². The van der Waals surface area contributed by atoms with Gasteiger partial charge in [0, 0.05) is 31.1 Å². The van der Waals surface area contributed by atoms with E-state index in [1.54, 1.807) is 0 Å². The highest BCUT2D eigenvalue weighted by atomic mass is 16.5. The molecule has 0 radical (unpaired) electrons. The van der Waals surface area contributed by atoms with Gasteiger partial charge in [-0.15, -0.1) is 0 Å². The Morgan fingerprint density at radius 3 is 2.73 bits per heavy atom. The smallest absolute Gasteiger partial charge is 0.232 e. The summed E-state index contributed by atoms with van der Waals surface area (Å²) in [6.07, 6.45) is 5.26. The first-order chi connectivity index (χ1) is 12.4. The maximum Gasteiger partial charge on any atom is 0.232 e. The van der Waals surface area contributed by atoms with E-state index in [2.05, 4.69) is 65.3 Å². The third-order valence-corrected chi connectivity index (χ3v) is 4.74. The highest BCUT2D eigenvalue weighted by Gasteiger charge is 2.22. The van der Waals surface area contributed by atoms with Crippen LogP contribution in [0.3, 0.4) is 0 Å². The lowest BCUT2D eigenvalue weighted by Gasteiger charge is -2.35. The zero-order valence-electron chi connectivity index (χ0n) is 17.1. The molecule has 2 rings (SSSR count). The van der Waals surface area contributed by atoms with Gasteiger partial charge in [0.1, 0.15) is 6.54 Å². The van der Waals surface area contributed by atoms with E-state index in [9.17, 15) is 0 Å². The van der Waals surface area contributed by atoms with Gasteiger partial charge in [0.25, 0.3) is 0 Å². The summed E-state index contributed by atoms with van der Waals surface area (Å²) in [7, 11) is 0. The zero-order chi connectivity index (χ0) is 19.0. The summed E-state index contributed by atoms with van der Waals surface area (Å²) in [6, 6.07) is 0.736. The maximum absolute atomic E-state index is 5.33. The molecule has 2 N–H and O–H groups in total. The van der Waals surface area contributed by atoms with Crippen molar-refractivity contribution in [3.8, 4) is 0 Å². The molecule has 1 aliphatic heterocycles. The minimum Gasteiger partial charge on any atom is -0.357 e. The summed E-state index contributed by atoms with van der Waals surface area (Å²) in [4.78, 5) is 11.6. The summed E-state index contributed by atoms with van der Waals surface area (Å²) < 4.78 is 5.33. The van der Waals surface area contributed by atoms with Crippen molar-refractivity contribution in [1.82, 2.24) is 25.7 Å². The second-order valence-electron chi connectivity index (χ2n) is 7.98. The van der Waals surface area contributed by atoms with E-state index >= 15 is 0 Å². The minimum absolute atomic E-state index is 0.137. The van der Waals surface area contributed by atoms with E-state index in [0.29, 0.717) is 18.3 Å². The Bertz CT molecular complexity index is 563. The molecule has 1 aromatic heterocycles. The second-order valence-corrected chi connectivity index (χ2v) is 7.98. The van der Waals surface area contributed by atoms with Gasteiger partial charge in [-0.2, -0.15) is 4.98 Å². The van der Waals surface area contributed by atoms with Crippen LogP contribution in [0, 0.1) is 0 Å². The number of likely N-dealkylation sites (tertiary alicyclic amines) is 1. The number of guanidine groups is 1. The van der Waals surface area contributed by atoms with Crippen molar-refractivity contribution < 1.29 is 4.52 Å². The topological polar surface area (TPSA) is 78.6 Å². The van der Waals surface area contributed by atoms with Gasteiger partial charge in [-0.3, -0.25) is 4.90 Å². The third-order valence-electron chi connectivity index (χ3n) is 4.74. The number of piperidine rings is 1. The molecule has 1 atom stereocenters. The van der Waals surface area contributed by atoms with Crippen LogP contribution in [0.5, 0.6) is 0 Å². The Morgan fingerprint density at radius 1 is 1.27 bits per heavy atom. The molecule has 0 amide bonds. The van der Waals surface area contributed by atoms with E-state index in [-0.39, 0.29) is 5.41 Å². The average molecular weight is 365 g/mol. The maximum atomic E-state index is 5.33. The number of aromatic nitrogens is 2. The molecule has 7 heteroatoms. The van der Waals surface area contributed by atoms with Crippen LogP contribution >= 0.6 is 0 Å². The van der Waals surface area contributed by atoms with Crippen molar-refractivity contribution >= 4 is 5.96 Å². The lowest BCUT2D eigenvalue weighted by molar-refractivity contribution is 0.147. The summed E-state index contributed by atoms with van der Waals surface area (Å²) in [5, 5.41) is 10.8. The quantitative estimate of drug-likeness (QED) is 0.572. The Balaban J connectivity index is 1.85. The lowest BCUT2D eigenvalue weighted by atomic mass is 9.97. The Morgan fingerprint density at radius 2 is 2.08 bits per heavy atom. The molecule has 1 aromatic rings. The largest absolute Gasteiger partial charge is 0.357 e. The van der Waals surface area contributed by atoms with Crippen molar-refractivity contribution in [2.45, 2.75) is 78.3 Å². The third kappa shape index (κ3) is 6.27. The fourth-order valence-corrected chi connectivity index (χ4v) is 3.25. The molecule has 2 heterocycles. The van der Waals surface area contributed by atoms with Crippen molar-refractivity contribution in [3.05, 3.63) is 11.7 Å². The summed E-state index contributed by atoms with van der Waals surface area (Å²) in [6.45, 7) is 14.9. The van der Waals surface area contributed by atoms with Crippen LogP contribution in [0.15, 0.2) is 9.52 Å². The molecule has 0 aromatic carbocycles. The molecule has 26 heavy (non-hydrogen) atoms. The number of nitrogens with zero attached hydrogens (tertiary/aromatic N) is 4. The van der Waals surface area contributed by atoms with Crippen LogP contribution in [0.1, 0.15) is 72.0 Å². The van der Waals surface area contributed by atoms with Crippen molar-refractivity contribution in [2.75, 3.05) is 26.2 Å². The average Bonchev–Trinajstić information content (AvgIpc) is 3.09. The first kappa shape index (κ1) is 20.7. The van der Waals surface area contributed by atoms with Crippen LogP contribution in [-0.4, -0.2) is 53.2 Å². The van der Waals surface area contributed by atoms with Gasteiger partial charge in [0.2, 0.25) is 5.89 Å². The number of aliphatic imine (C=N–C) groups is 1. The fourth-order valence-electron chi connectivity index (χ4n) is 3.25. The van der Waals surface area contributed by atoms with Crippen molar-refractivity contribution in [3.63, 3.8) is 0 Å². The first-order valence-corrected chi connectivity index (χ1v) is 10.0. The lowest BCUT2D eigenvalue weighted by Crippen LogP contribution is -2.45. The predicted octanol–water partition coefficient (Wildman–Crippen LogP) is 2.69. The fraction of sp³-hybridized carbons (Fsp3) is 0.842. The molecule has 0 saturated carbocycles. The van der Waals surface area contributed by atoms with Gasteiger partial charge in [-0.1, -0.05) is 39.3 Å². The highest BCUT2D eigenvalue weighted by molar-refractivity contribution is 5.79. The van der Waals surface area contributed by atoms with E-state index in [0.717, 1.165) is 31.6 Å². The minimum atomic E-state index is -0.137. The monoisotopic (exact) mass is 364 g/mol. The molecule has 0 bridgehead atoms. The Labute approximate surface area is 158 Å². The Kier molecular flexibility index (Phi) is 7.87. The second kappa shape index (κ2) is 9.90. The summed E-state index contributed by atoms with van der Waals surface area (Å²) in [5.74, 6) is 2.07. The standard InChI is InChI=1S/C19H36N6O/c1-6-15-10-8-9-12-25(15)13-11-21-18(20-7-2)22-14-16-23-17(26-24-16)19(3,4)5/h15H,6-14H2,1-5H3,(H2,20,21,22). The van der Waals surface area contributed by atoms with Gasteiger partial charge >= 0.3 is 0 Å². The molecule has 1 saturated heterocycles. The van der Waals surface area contributed by atoms with E-state index < -0.39 is 0 Å².